The molecule has 0 fully saturated rings. The van der Waals surface area contributed by atoms with Crippen molar-refractivity contribution in [1.82, 2.24) is 0 Å². The number of phosphoric ester groups is 1. The van der Waals surface area contributed by atoms with Crippen LogP contribution >= 0.6 is 7.82 Å². The number of hydrogen-bond donors (Lipinski definition) is 2. The Balaban J connectivity index is 4.01. The first-order valence-electron chi connectivity index (χ1n) is 18.1. The molecule has 2 N–H and O–H groups in total. The van der Waals surface area contributed by atoms with Gasteiger partial charge < -0.3 is 19.3 Å². The Kier molecular flexibility index (Phi) is 31.4. The third-order valence-corrected chi connectivity index (χ3v) is 8.18. The molecule has 0 bridgehead atoms. The number of unbranched alkanes of at least 4 members (excludes halogenated alkanes) is 19. The molecule has 45 heavy (non-hydrogen) atoms. The van der Waals surface area contributed by atoms with Crippen molar-refractivity contribution in [2.24, 2.45) is 0 Å². The second kappa shape index (κ2) is 32.5. The Hall–Kier alpha value is -1.47. The number of allylic oxidation sites excluding steroid dienone is 4. The Bertz CT molecular complexity index is 792. The summed E-state index contributed by atoms with van der Waals surface area (Å²) in [6.07, 6.45) is 34.7. The molecule has 0 aliphatic heterocycles. The van der Waals surface area contributed by atoms with Gasteiger partial charge in [0, 0.05) is 12.8 Å². The Morgan fingerprint density at radius 1 is 0.556 bits per heavy atom. The number of carbonyl (C=O) groups excluding carboxylic acids is 2. The van der Waals surface area contributed by atoms with Gasteiger partial charge in [-0.1, -0.05) is 122 Å². The van der Waals surface area contributed by atoms with Gasteiger partial charge in [-0.2, -0.15) is 0 Å². The zero-order valence-electron chi connectivity index (χ0n) is 28.8. The van der Waals surface area contributed by atoms with Crippen LogP contribution in [0.3, 0.4) is 0 Å². The number of esters is 2. The van der Waals surface area contributed by atoms with E-state index in [9.17, 15) is 14.2 Å². The Morgan fingerprint density at radius 2 is 0.933 bits per heavy atom. The fraction of sp³-hybridized carbons (Fsp3) is 0.833. The monoisotopic (exact) mass is 658 g/mol. The lowest BCUT2D eigenvalue weighted by Gasteiger charge is -2.18. The molecule has 0 unspecified atom stereocenters. The molecule has 8 nitrogen and oxygen atoms in total. The molecule has 9 heteroatoms. The molecule has 0 saturated carbocycles. The van der Waals surface area contributed by atoms with Crippen LogP contribution < -0.4 is 0 Å². The first-order chi connectivity index (χ1) is 21.8. The first kappa shape index (κ1) is 43.5. The minimum atomic E-state index is -4.75. The van der Waals surface area contributed by atoms with Crippen molar-refractivity contribution in [3.63, 3.8) is 0 Å². The molecule has 0 aromatic heterocycles. The molecular formula is C36H67O8P. The standard InChI is InChI=1S/C36H67O8P/c1-3-5-7-9-11-13-15-17-18-19-21-23-25-27-29-31-36(38)44-34(33-43-45(39,40)41)32-42-35(37)30-28-26-24-22-20-16-14-12-10-8-6-4-2/h12,14,18-19,34H,3-11,13,15-17,20-33H2,1-2H3,(H2,39,40,41)/b14-12+,19-18+/t34-/m1/s1. The lowest BCUT2D eigenvalue weighted by Crippen LogP contribution is -2.29. The predicted molar refractivity (Wildman–Crippen MR) is 184 cm³/mol. The minimum absolute atomic E-state index is 0.198. The van der Waals surface area contributed by atoms with Gasteiger partial charge in [-0.3, -0.25) is 14.1 Å². The van der Waals surface area contributed by atoms with Crippen LogP contribution in [0, 0.1) is 0 Å². The normalized spacial score (nSPS) is 12.7. The summed E-state index contributed by atoms with van der Waals surface area (Å²) >= 11 is 0. The molecule has 0 rings (SSSR count). The van der Waals surface area contributed by atoms with Crippen molar-refractivity contribution >= 4 is 19.8 Å². The number of rotatable bonds is 33. The van der Waals surface area contributed by atoms with Crippen LogP contribution in [-0.2, 0) is 28.2 Å². The lowest BCUT2D eigenvalue weighted by molar-refractivity contribution is -0.161. The van der Waals surface area contributed by atoms with Gasteiger partial charge in [0.15, 0.2) is 6.10 Å². The third-order valence-electron chi connectivity index (χ3n) is 7.69. The second-order valence-electron chi connectivity index (χ2n) is 12.2. The summed E-state index contributed by atoms with van der Waals surface area (Å²) in [6.45, 7) is 3.62. The number of hydrogen-bond acceptors (Lipinski definition) is 6. The minimum Gasteiger partial charge on any atom is -0.462 e. The largest absolute Gasteiger partial charge is 0.469 e. The smallest absolute Gasteiger partial charge is 0.462 e. The van der Waals surface area contributed by atoms with E-state index in [0.717, 1.165) is 64.2 Å². The van der Waals surface area contributed by atoms with Crippen molar-refractivity contribution in [3.05, 3.63) is 24.3 Å². The van der Waals surface area contributed by atoms with Gasteiger partial charge in [0.05, 0.1) is 6.61 Å². The highest BCUT2D eigenvalue weighted by Crippen LogP contribution is 2.36. The van der Waals surface area contributed by atoms with E-state index in [4.69, 9.17) is 19.3 Å². The Labute approximate surface area is 275 Å². The van der Waals surface area contributed by atoms with E-state index >= 15 is 0 Å². The van der Waals surface area contributed by atoms with Crippen LogP contribution in [-0.4, -0.2) is 41.0 Å². The van der Waals surface area contributed by atoms with Crippen LogP contribution in [0.25, 0.3) is 0 Å². The lowest BCUT2D eigenvalue weighted by atomic mass is 10.1. The zero-order valence-corrected chi connectivity index (χ0v) is 29.7. The van der Waals surface area contributed by atoms with E-state index in [1.54, 1.807) is 0 Å². The molecule has 0 saturated heterocycles. The molecule has 0 heterocycles. The summed E-state index contributed by atoms with van der Waals surface area (Å²) in [5.74, 6) is -0.908. The first-order valence-corrected chi connectivity index (χ1v) is 19.7. The van der Waals surface area contributed by atoms with Crippen molar-refractivity contribution in [2.75, 3.05) is 13.2 Å². The summed E-state index contributed by atoms with van der Waals surface area (Å²) in [5.41, 5.74) is 0. The second-order valence-corrected chi connectivity index (χ2v) is 13.4. The molecule has 0 aliphatic carbocycles. The van der Waals surface area contributed by atoms with E-state index in [1.807, 2.05) is 0 Å². The van der Waals surface area contributed by atoms with Gasteiger partial charge in [0.25, 0.3) is 0 Å². The topological polar surface area (TPSA) is 119 Å². The quantitative estimate of drug-likeness (QED) is 0.0309. The summed E-state index contributed by atoms with van der Waals surface area (Å²) in [5, 5.41) is 0. The van der Waals surface area contributed by atoms with E-state index in [2.05, 4.69) is 42.7 Å². The van der Waals surface area contributed by atoms with Crippen LogP contribution in [0.15, 0.2) is 24.3 Å². The van der Waals surface area contributed by atoms with E-state index in [-0.39, 0.29) is 19.4 Å². The fourth-order valence-corrected chi connectivity index (χ4v) is 5.31. The highest BCUT2D eigenvalue weighted by molar-refractivity contribution is 7.46. The summed E-state index contributed by atoms with van der Waals surface area (Å²) in [7, 11) is -4.75. The molecule has 0 aliphatic rings. The third kappa shape index (κ3) is 35.2. The summed E-state index contributed by atoms with van der Waals surface area (Å²) in [6, 6.07) is 0. The molecule has 0 aromatic carbocycles. The van der Waals surface area contributed by atoms with Crippen molar-refractivity contribution in [3.8, 4) is 0 Å². The molecule has 264 valence electrons. The van der Waals surface area contributed by atoms with E-state index in [0.29, 0.717) is 12.8 Å². The summed E-state index contributed by atoms with van der Waals surface area (Å²) in [4.78, 5) is 42.6. The van der Waals surface area contributed by atoms with Crippen molar-refractivity contribution in [2.45, 2.75) is 180 Å². The predicted octanol–water partition coefficient (Wildman–Crippen LogP) is 10.5. The van der Waals surface area contributed by atoms with Crippen molar-refractivity contribution in [1.29, 1.82) is 0 Å². The Morgan fingerprint density at radius 3 is 1.40 bits per heavy atom. The molecule has 0 spiro atoms. The van der Waals surface area contributed by atoms with Crippen LogP contribution in [0.4, 0.5) is 0 Å². The molecule has 0 radical (unpaired) electrons. The van der Waals surface area contributed by atoms with Crippen LogP contribution in [0.1, 0.15) is 174 Å². The van der Waals surface area contributed by atoms with Crippen LogP contribution in [0.5, 0.6) is 0 Å². The van der Waals surface area contributed by atoms with Crippen molar-refractivity contribution < 1.29 is 37.9 Å². The van der Waals surface area contributed by atoms with Gasteiger partial charge >= 0.3 is 19.8 Å². The SMILES string of the molecule is CCCCC/C=C/CCCCCCCC(=O)OC[C@H](COP(=O)(O)O)OC(=O)CCCCCC/C=C/CCCCCCCCC. The maximum Gasteiger partial charge on any atom is 0.469 e. The number of carbonyl (C=O) groups is 2. The molecule has 0 aromatic rings. The summed E-state index contributed by atoms with van der Waals surface area (Å²) < 4.78 is 26.2. The molecular weight excluding hydrogens is 591 g/mol. The van der Waals surface area contributed by atoms with Gasteiger partial charge in [0.1, 0.15) is 6.61 Å². The highest BCUT2D eigenvalue weighted by Gasteiger charge is 2.22. The van der Waals surface area contributed by atoms with Gasteiger partial charge in [0.2, 0.25) is 0 Å². The van der Waals surface area contributed by atoms with Gasteiger partial charge in [-0.15, -0.1) is 0 Å². The van der Waals surface area contributed by atoms with Crippen LogP contribution in [0.2, 0.25) is 0 Å². The average molecular weight is 659 g/mol. The molecule has 1 atom stereocenters. The average Bonchev–Trinajstić information content (AvgIpc) is 3.00. The van der Waals surface area contributed by atoms with E-state index < -0.39 is 32.5 Å². The van der Waals surface area contributed by atoms with Gasteiger partial charge in [-0.25, -0.2) is 4.57 Å². The number of ether oxygens (including phenoxy) is 2. The number of phosphoric acid groups is 1. The van der Waals surface area contributed by atoms with E-state index in [1.165, 1.54) is 70.6 Å². The maximum atomic E-state index is 12.3. The fourth-order valence-electron chi connectivity index (χ4n) is 4.95. The zero-order chi connectivity index (χ0) is 33.3. The van der Waals surface area contributed by atoms with Gasteiger partial charge in [-0.05, 0) is 64.2 Å². The molecule has 0 amide bonds. The maximum absolute atomic E-state index is 12.3. The highest BCUT2D eigenvalue weighted by atomic mass is 31.2.